The molecule has 1 fully saturated rings. The number of ether oxygens (including phenoxy) is 1. The minimum atomic E-state index is -4.59. The summed E-state index contributed by atoms with van der Waals surface area (Å²) < 4.78 is 44.7. The molecular weight excluding hydrogens is 419 g/mol. The highest BCUT2D eigenvalue weighted by atomic mass is 35.5. The Balaban J connectivity index is 1.82. The average Bonchev–Trinajstić information content (AvgIpc) is 3.18. The van der Waals surface area contributed by atoms with Gasteiger partial charge in [-0.15, -0.1) is 0 Å². The zero-order valence-electron chi connectivity index (χ0n) is 16.9. The minimum absolute atomic E-state index is 0.122. The molecule has 3 rings (SSSR count). The molecule has 1 aliphatic carbocycles. The summed E-state index contributed by atoms with van der Waals surface area (Å²) in [4.78, 5) is 14.7. The third kappa shape index (κ3) is 5.55. The number of alkyl halides is 3. The van der Waals surface area contributed by atoms with Crippen molar-refractivity contribution in [2.45, 2.75) is 70.5 Å². The van der Waals surface area contributed by atoms with Crippen molar-refractivity contribution in [1.29, 1.82) is 0 Å². The monoisotopic (exact) mass is 443 g/mol. The van der Waals surface area contributed by atoms with E-state index < -0.39 is 17.8 Å². The number of aromatic nitrogens is 2. The number of benzene rings is 1. The van der Waals surface area contributed by atoms with Crippen LogP contribution < -0.4 is 0 Å². The third-order valence-corrected chi connectivity index (χ3v) is 5.58. The number of carbonyl (C=O) groups excluding carboxylic acids is 1. The Morgan fingerprint density at radius 2 is 1.93 bits per heavy atom. The van der Waals surface area contributed by atoms with Gasteiger partial charge in [-0.3, -0.25) is 9.89 Å². The lowest BCUT2D eigenvalue weighted by atomic mass is 9.91. The van der Waals surface area contributed by atoms with Crippen LogP contribution in [0.5, 0.6) is 0 Å². The Morgan fingerprint density at radius 1 is 1.27 bits per heavy atom. The van der Waals surface area contributed by atoms with Crippen LogP contribution in [-0.4, -0.2) is 39.3 Å². The van der Waals surface area contributed by atoms with Gasteiger partial charge in [-0.2, -0.15) is 18.3 Å². The highest BCUT2D eigenvalue weighted by molar-refractivity contribution is 6.31. The summed E-state index contributed by atoms with van der Waals surface area (Å²) in [5.41, 5.74) is -0.563. The van der Waals surface area contributed by atoms with E-state index in [2.05, 4.69) is 5.10 Å². The van der Waals surface area contributed by atoms with E-state index in [-0.39, 0.29) is 30.5 Å². The molecule has 0 spiro atoms. The zero-order valence-corrected chi connectivity index (χ0v) is 17.6. The highest BCUT2D eigenvalue weighted by Crippen LogP contribution is 2.31. The molecule has 164 valence electrons. The minimum Gasteiger partial charge on any atom is -0.376 e. The van der Waals surface area contributed by atoms with Crippen LogP contribution >= 0.6 is 11.6 Å². The molecule has 2 aromatic rings. The lowest BCUT2D eigenvalue weighted by Crippen LogP contribution is -2.43. The second-order valence-electron chi connectivity index (χ2n) is 7.80. The topological polar surface area (TPSA) is 58.2 Å². The van der Waals surface area contributed by atoms with E-state index in [0.29, 0.717) is 17.9 Å². The second-order valence-corrected chi connectivity index (χ2v) is 8.21. The predicted octanol–water partition coefficient (Wildman–Crippen LogP) is 5.46. The van der Waals surface area contributed by atoms with E-state index in [1.165, 1.54) is 0 Å². The van der Waals surface area contributed by atoms with Gasteiger partial charge >= 0.3 is 6.18 Å². The van der Waals surface area contributed by atoms with Gasteiger partial charge < -0.3 is 9.64 Å². The first-order valence-corrected chi connectivity index (χ1v) is 10.4. The van der Waals surface area contributed by atoms with Crippen molar-refractivity contribution >= 4 is 17.5 Å². The normalized spacial score (nSPS) is 19.8. The van der Waals surface area contributed by atoms with E-state index >= 15 is 0 Å². The fourth-order valence-corrected chi connectivity index (χ4v) is 3.97. The smallest absolute Gasteiger partial charge is 0.376 e. The Labute approximate surface area is 178 Å². The van der Waals surface area contributed by atoms with Crippen LogP contribution in [0.1, 0.15) is 61.3 Å². The van der Waals surface area contributed by atoms with Crippen LogP contribution in [0.15, 0.2) is 30.3 Å². The molecule has 1 aromatic carbocycles. The first kappa shape index (κ1) is 22.6. The Kier molecular flexibility index (Phi) is 7.08. The van der Waals surface area contributed by atoms with Gasteiger partial charge in [-0.05, 0) is 51.2 Å². The summed E-state index contributed by atoms with van der Waals surface area (Å²) in [6.07, 6.45) is -1.38. The fourth-order valence-electron chi connectivity index (χ4n) is 3.78. The number of nitrogens with one attached hydrogen (secondary N) is 1. The van der Waals surface area contributed by atoms with Gasteiger partial charge in [0, 0.05) is 23.7 Å². The number of nitrogens with zero attached hydrogens (tertiary/aromatic N) is 2. The van der Waals surface area contributed by atoms with E-state index in [9.17, 15) is 18.0 Å². The molecule has 1 aromatic heterocycles. The lowest BCUT2D eigenvalue weighted by Gasteiger charge is -2.37. The predicted molar refractivity (Wildman–Crippen MR) is 107 cm³/mol. The molecule has 1 heterocycles. The molecule has 0 bridgehead atoms. The van der Waals surface area contributed by atoms with Gasteiger partial charge in [0.05, 0.1) is 12.2 Å². The van der Waals surface area contributed by atoms with E-state index in [0.717, 1.165) is 24.5 Å². The van der Waals surface area contributed by atoms with Gasteiger partial charge in [-0.25, -0.2) is 0 Å². The van der Waals surface area contributed by atoms with E-state index in [1.807, 2.05) is 31.1 Å². The maximum atomic E-state index is 13.2. The Bertz CT molecular complexity index is 861. The van der Waals surface area contributed by atoms with Gasteiger partial charge in [-0.1, -0.05) is 29.8 Å². The third-order valence-electron chi connectivity index (χ3n) is 5.21. The largest absolute Gasteiger partial charge is 0.432 e. The average molecular weight is 444 g/mol. The fraction of sp³-hybridized carbons (Fsp3) is 0.524. The molecular formula is C21H25ClF3N3O2. The van der Waals surface area contributed by atoms with E-state index in [4.69, 9.17) is 16.3 Å². The molecule has 30 heavy (non-hydrogen) atoms. The molecule has 1 N–H and O–H groups in total. The summed E-state index contributed by atoms with van der Waals surface area (Å²) in [5.74, 6) is -0.546. The number of halogens is 4. The van der Waals surface area contributed by atoms with Crippen LogP contribution in [0.25, 0.3) is 0 Å². The van der Waals surface area contributed by atoms with Crippen molar-refractivity contribution in [3.05, 3.63) is 52.3 Å². The SMILES string of the molecule is CC(C)OC1CCC(N(Cc2ccccc2Cl)C(=O)c2cc(C(F)(F)F)[nH]n2)CC1. The standard InChI is InChI=1S/C21H25ClF3N3O2/c1-13(2)30-16-9-7-15(8-10-16)28(12-14-5-3-4-6-17(14)22)20(29)18-11-19(27-26-18)21(23,24)25/h3-6,11,13,15-16H,7-10,12H2,1-2H3,(H,26,27). The first-order valence-electron chi connectivity index (χ1n) is 9.97. The van der Waals surface area contributed by atoms with Crippen molar-refractivity contribution in [2.24, 2.45) is 0 Å². The molecule has 1 amide bonds. The molecule has 0 aliphatic heterocycles. The number of hydrogen-bond acceptors (Lipinski definition) is 3. The van der Waals surface area contributed by atoms with Crippen LogP contribution in [0.2, 0.25) is 5.02 Å². The molecule has 0 radical (unpaired) electrons. The van der Waals surface area contributed by atoms with Crippen molar-refractivity contribution in [2.75, 3.05) is 0 Å². The second kappa shape index (κ2) is 9.39. The van der Waals surface area contributed by atoms with Crippen LogP contribution in [0.4, 0.5) is 13.2 Å². The maximum absolute atomic E-state index is 13.2. The van der Waals surface area contributed by atoms with Gasteiger partial charge in [0.25, 0.3) is 5.91 Å². The maximum Gasteiger partial charge on any atom is 0.432 e. The molecule has 9 heteroatoms. The van der Waals surface area contributed by atoms with Gasteiger partial charge in [0.2, 0.25) is 0 Å². The Morgan fingerprint density at radius 3 is 2.50 bits per heavy atom. The summed E-state index contributed by atoms with van der Waals surface area (Å²) in [6.45, 7) is 4.16. The quantitative estimate of drug-likeness (QED) is 0.644. The number of amides is 1. The molecule has 5 nitrogen and oxygen atoms in total. The number of H-pyrrole nitrogens is 1. The number of rotatable bonds is 6. The van der Waals surface area contributed by atoms with Crippen molar-refractivity contribution in [3.8, 4) is 0 Å². The number of carbonyl (C=O) groups is 1. The van der Waals surface area contributed by atoms with Crippen molar-refractivity contribution in [3.63, 3.8) is 0 Å². The van der Waals surface area contributed by atoms with Crippen molar-refractivity contribution < 1.29 is 22.7 Å². The molecule has 1 saturated carbocycles. The number of hydrogen-bond donors (Lipinski definition) is 1. The highest BCUT2D eigenvalue weighted by Gasteiger charge is 2.36. The molecule has 0 atom stereocenters. The summed E-state index contributed by atoms with van der Waals surface area (Å²) in [5, 5.41) is 6.05. The van der Waals surface area contributed by atoms with Gasteiger partial charge in [0.1, 0.15) is 5.69 Å². The Hall–Kier alpha value is -2.06. The van der Waals surface area contributed by atoms with Crippen LogP contribution in [0.3, 0.4) is 0 Å². The molecule has 0 unspecified atom stereocenters. The first-order chi connectivity index (χ1) is 14.1. The summed E-state index contributed by atoms with van der Waals surface area (Å²) in [7, 11) is 0. The van der Waals surface area contributed by atoms with Crippen LogP contribution in [-0.2, 0) is 17.5 Å². The van der Waals surface area contributed by atoms with Gasteiger partial charge in [0.15, 0.2) is 5.69 Å². The molecule has 1 aliphatic rings. The summed E-state index contributed by atoms with van der Waals surface area (Å²) >= 11 is 6.27. The zero-order chi connectivity index (χ0) is 21.9. The summed E-state index contributed by atoms with van der Waals surface area (Å²) in [6, 6.07) is 7.76. The van der Waals surface area contributed by atoms with E-state index in [1.54, 1.807) is 17.0 Å². The molecule has 0 saturated heterocycles. The van der Waals surface area contributed by atoms with Crippen molar-refractivity contribution in [1.82, 2.24) is 15.1 Å². The lowest BCUT2D eigenvalue weighted by molar-refractivity contribution is -0.141. The van der Waals surface area contributed by atoms with Crippen LogP contribution in [0, 0.1) is 0 Å². The number of aromatic amines is 1.